The summed E-state index contributed by atoms with van der Waals surface area (Å²) >= 11 is 1.37. The maximum atomic E-state index is 11.4. The van der Waals surface area contributed by atoms with E-state index in [4.69, 9.17) is 0 Å². The van der Waals surface area contributed by atoms with Crippen molar-refractivity contribution >= 4 is 38.7 Å². The van der Waals surface area contributed by atoms with Crippen LogP contribution in [0, 0.1) is 10.1 Å². The fourth-order valence-corrected chi connectivity index (χ4v) is 3.67. The van der Waals surface area contributed by atoms with Crippen molar-refractivity contribution in [3.63, 3.8) is 0 Å². The molecule has 2 heterocycles. The first kappa shape index (κ1) is 14.6. The van der Waals surface area contributed by atoms with Crippen LogP contribution in [0.25, 0.3) is 15.7 Å². The van der Waals surface area contributed by atoms with E-state index in [2.05, 4.69) is 28.5 Å². The molecule has 0 spiro atoms. The predicted octanol–water partition coefficient (Wildman–Crippen LogP) is 4.63. The lowest BCUT2D eigenvalue weighted by Crippen LogP contribution is -2.09. The number of nitrogens with one attached hydrogen (secondary N) is 1. The topological polar surface area (TPSA) is 72.5 Å². The molecular weight excluding hydrogens is 324 g/mol. The van der Waals surface area contributed by atoms with Crippen molar-refractivity contribution in [2.24, 2.45) is 0 Å². The summed E-state index contributed by atoms with van der Waals surface area (Å²) in [6, 6.07) is 14.1. The van der Waals surface area contributed by atoms with E-state index < -0.39 is 4.92 Å². The van der Waals surface area contributed by atoms with Gasteiger partial charge in [-0.15, -0.1) is 0 Å². The monoisotopic (exact) mass is 338 g/mol. The Kier molecular flexibility index (Phi) is 3.42. The molecule has 0 fully saturated rings. The SMILES string of the molecule is CC(Nc1nc2sccn2c1[N+](=O)[O-])c1cccc2ccccc12. The number of hydrogen-bond donors (Lipinski definition) is 1. The van der Waals surface area contributed by atoms with Crippen molar-refractivity contribution in [3.8, 4) is 0 Å². The van der Waals surface area contributed by atoms with E-state index in [9.17, 15) is 10.1 Å². The number of imidazole rings is 1. The Balaban J connectivity index is 1.76. The molecule has 0 aliphatic carbocycles. The third-order valence-corrected chi connectivity index (χ3v) is 4.81. The summed E-state index contributed by atoms with van der Waals surface area (Å²) in [5.74, 6) is 0.269. The Bertz CT molecular complexity index is 1050. The highest BCUT2D eigenvalue weighted by atomic mass is 32.1. The zero-order chi connectivity index (χ0) is 16.7. The van der Waals surface area contributed by atoms with Crippen LogP contribution in [0.2, 0.25) is 0 Å². The Morgan fingerprint density at radius 2 is 2.04 bits per heavy atom. The minimum Gasteiger partial charge on any atom is -0.358 e. The Morgan fingerprint density at radius 1 is 1.25 bits per heavy atom. The van der Waals surface area contributed by atoms with Crippen LogP contribution >= 0.6 is 11.3 Å². The van der Waals surface area contributed by atoms with Gasteiger partial charge in [0.1, 0.15) is 6.20 Å². The van der Waals surface area contributed by atoms with Crippen LogP contribution < -0.4 is 5.32 Å². The first-order valence-corrected chi connectivity index (χ1v) is 8.37. The minimum atomic E-state index is -0.398. The van der Waals surface area contributed by atoms with Gasteiger partial charge >= 0.3 is 5.82 Å². The molecule has 0 amide bonds. The quantitative estimate of drug-likeness (QED) is 0.435. The zero-order valence-corrected chi connectivity index (χ0v) is 13.7. The fourth-order valence-electron chi connectivity index (χ4n) is 2.96. The van der Waals surface area contributed by atoms with Crippen molar-refractivity contribution in [1.82, 2.24) is 9.38 Å². The lowest BCUT2D eigenvalue weighted by atomic mass is 10.00. The molecule has 0 aliphatic rings. The summed E-state index contributed by atoms with van der Waals surface area (Å²) in [7, 11) is 0. The van der Waals surface area contributed by atoms with E-state index >= 15 is 0 Å². The molecule has 0 saturated carbocycles. The normalized spacial score (nSPS) is 12.5. The number of thiazole rings is 1. The van der Waals surface area contributed by atoms with Gasteiger partial charge in [0.05, 0.1) is 6.04 Å². The van der Waals surface area contributed by atoms with Crippen LogP contribution in [-0.2, 0) is 0 Å². The summed E-state index contributed by atoms with van der Waals surface area (Å²) in [4.78, 5) is 16.0. The molecule has 0 bridgehead atoms. The smallest absolute Gasteiger partial charge is 0.358 e. The molecular formula is C17H14N4O2S. The molecule has 2 aromatic carbocycles. The number of aromatic nitrogens is 2. The molecule has 6 nitrogen and oxygen atoms in total. The van der Waals surface area contributed by atoms with Gasteiger partial charge in [0.15, 0.2) is 0 Å². The van der Waals surface area contributed by atoms with Gasteiger partial charge < -0.3 is 15.4 Å². The largest absolute Gasteiger partial charge is 0.372 e. The van der Waals surface area contributed by atoms with Gasteiger partial charge in [0, 0.05) is 5.38 Å². The lowest BCUT2D eigenvalue weighted by Gasteiger charge is -2.16. The number of fused-ring (bicyclic) bond motifs is 2. The number of nitro groups is 1. The van der Waals surface area contributed by atoms with Crippen molar-refractivity contribution in [3.05, 3.63) is 69.7 Å². The first-order chi connectivity index (χ1) is 11.6. The van der Waals surface area contributed by atoms with Crippen molar-refractivity contribution in [2.45, 2.75) is 13.0 Å². The van der Waals surface area contributed by atoms with E-state index in [1.807, 2.05) is 31.2 Å². The number of nitrogens with zero attached hydrogens (tertiary/aromatic N) is 3. The highest BCUT2D eigenvalue weighted by Gasteiger charge is 2.25. The third kappa shape index (κ3) is 2.30. The number of anilines is 1. The Hall–Kier alpha value is -2.93. The van der Waals surface area contributed by atoms with Crippen molar-refractivity contribution in [1.29, 1.82) is 0 Å². The predicted molar refractivity (Wildman–Crippen MR) is 95.7 cm³/mol. The van der Waals surface area contributed by atoms with Crippen molar-refractivity contribution in [2.75, 3.05) is 5.32 Å². The van der Waals surface area contributed by atoms with Crippen LogP contribution in [0.1, 0.15) is 18.5 Å². The van der Waals surface area contributed by atoms with E-state index in [0.29, 0.717) is 10.8 Å². The molecule has 4 rings (SSSR count). The maximum absolute atomic E-state index is 11.4. The highest BCUT2D eigenvalue weighted by molar-refractivity contribution is 7.15. The van der Waals surface area contributed by atoms with Crippen LogP contribution in [0.4, 0.5) is 11.6 Å². The minimum absolute atomic E-state index is 0.0293. The van der Waals surface area contributed by atoms with Gasteiger partial charge in [-0.2, -0.15) is 9.38 Å². The highest BCUT2D eigenvalue weighted by Crippen LogP contribution is 2.32. The lowest BCUT2D eigenvalue weighted by molar-refractivity contribution is -0.389. The molecule has 2 aromatic heterocycles. The molecule has 4 aromatic rings. The van der Waals surface area contributed by atoms with Crippen LogP contribution in [-0.4, -0.2) is 14.3 Å². The average Bonchev–Trinajstić information content (AvgIpc) is 3.14. The van der Waals surface area contributed by atoms with Gasteiger partial charge in [0.2, 0.25) is 5.82 Å². The average molecular weight is 338 g/mol. The summed E-state index contributed by atoms with van der Waals surface area (Å²) in [5.41, 5.74) is 1.08. The summed E-state index contributed by atoms with van der Waals surface area (Å²) in [6.45, 7) is 1.99. The van der Waals surface area contributed by atoms with Gasteiger partial charge in [-0.05, 0) is 28.2 Å². The number of hydrogen-bond acceptors (Lipinski definition) is 5. The fraction of sp³-hybridized carbons (Fsp3) is 0.118. The van der Waals surface area contributed by atoms with Gasteiger partial charge in [-0.1, -0.05) is 53.8 Å². The maximum Gasteiger partial charge on any atom is 0.372 e. The second kappa shape index (κ2) is 5.61. The van der Waals surface area contributed by atoms with Crippen LogP contribution in [0.15, 0.2) is 54.0 Å². The van der Waals surface area contributed by atoms with E-state index in [1.165, 1.54) is 15.7 Å². The Morgan fingerprint density at radius 3 is 2.88 bits per heavy atom. The summed E-state index contributed by atoms with van der Waals surface area (Å²) in [6.07, 6.45) is 1.67. The molecule has 0 radical (unpaired) electrons. The zero-order valence-electron chi connectivity index (χ0n) is 12.8. The van der Waals surface area contributed by atoms with Gasteiger partial charge in [0.25, 0.3) is 4.96 Å². The van der Waals surface area contributed by atoms with E-state index in [0.717, 1.165) is 16.3 Å². The number of benzene rings is 2. The molecule has 120 valence electrons. The standard InChI is InChI=1S/C17H14N4O2S/c1-11(13-8-4-6-12-5-2-3-7-14(12)13)18-15-16(21(22)23)20-9-10-24-17(20)19-15/h2-11,18H,1H3. The summed E-state index contributed by atoms with van der Waals surface area (Å²) in [5, 5.41) is 18.7. The molecule has 0 saturated heterocycles. The van der Waals surface area contributed by atoms with Crippen LogP contribution in [0.5, 0.6) is 0 Å². The molecule has 0 aliphatic heterocycles. The number of rotatable bonds is 4. The van der Waals surface area contributed by atoms with E-state index in [-0.39, 0.29) is 11.9 Å². The summed E-state index contributed by atoms with van der Waals surface area (Å²) < 4.78 is 1.50. The van der Waals surface area contributed by atoms with Crippen molar-refractivity contribution < 1.29 is 4.92 Å². The molecule has 1 N–H and O–H groups in total. The second-order valence-corrected chi connectivity index (χ2v) is 6.40. The Labute approximate surface area is 141 Å². The molecule has 1 atom stereocenters. The third-order valence-electron chi connectivity index (χ3n) is 4.05. The van der Waals surface area contributed by atoms with Gasteiger partial charge in [-0.3, -0.25) is 0 Å². The molecule has 7 heteroatoms. The van der Waals surface area contributed by atoms with Crippen LogP contribution in [0.3, 0.4) is 0 Å². The first-order valence-electron chi connectivity index (χ1n) is 7.49. The van der Waals surface area contributed by atoms with Gasteiger partial charge in [-0.25, -0.2) is 0 Å². The second-order valence-electron chi connectivity index (χ2n) is 5.53. The molecule has 1 unspecified atom stereocenters. The molecule has 24 heavy (non-hydrogen) atoms. The van der Waals surface area contributed by atoms with E-state index in [1.54, 1.807) is 11.6 Å².